The van der Waals surface area contributed by atoms with Crippen LogP contribution in [0.3, 0.4) is 0 Å². The molecule has 0 atom stereocenters. The molecule has 0 saturated heterocycles. The third-order valence-corrected chi connectivity index (χ3v) is 4.60. The number of nitrogens with zero attached hydrogens (tertiary/aromatic N) is 1. The fraction of sp³-hybridized carbons (Fsp3) is 0.286. The quantitative estimate of drug-likeness (QED) is 0.746. The molecule has 0 unspecified atom stereocenters. The largest absolute Gasteiger partial charge is 0.493 e. The molecule has 2 aromatic rings. The van der Waals surface area contributed by atoms with Crippen molar-refractivity contribution in [2.45, 2.75) is 19.4 Å². The van der Waals surface area contributed by atoms with Crippen LogP contribution in [0, 0.1) is 0 Å². The summed E-state index contributed by atoms with van der Waals surface area (Å²) in [5.74, 6) is 0.338. The van der Waals surface area contributed by atoms with E-state index in [-0.39, 0.29) is 43.7 Å². The zero-order valence-electron chi connectivity index (χ0n) is 16.4. The van der Waals surface area contributed by atoms with Crippen LogP contribution in [-0.4, -0.2) is 38.5 Å². The summed E-state index contributed by atoms with van der Waals surface area (Å²) in [5, 5.41) is 5.52. The highest BCUT2D eigenvalue weighted by molar-refractivity contribution is 6.10. The van der Waals surface area contributed by atoms with Crippen LogP contribution in [-0.2, 0) is 20.9 Å². The van der Waals surface area contributed by atoms with E-state index in [4.69, 9.17) is 9.47 Å². The number of anilines is 2. The van der Waals surface area contributed by atoms with Crippen molar-refractivity contribution >= 4 is 29.1 Å². The van der Waals surface area contributed by atoms with Crippen molar-refractivity contribution in [2.24, 2.45) is 0 Å². The number of carbonyl (C=O) groups excluding carboxylic acids is 3. The highest BCUT2D eigenvalue weighted by Gasteiger charge is 2.26. The molecular formula is C21H23N3O5. The third-order valence-electron chi connectivity index (χ3n) is 4.60. The second-order valence-corrected chi connectivity index (χ2v) is 6.47. The van der Waals surface area contributed by atoms with Gasteiger partial charge in [0.25, 0.3) is 0 Å². The van der Waals surface area contributed by atoms with Crippen LogP contribution in [0.4, 0.5) is 11.4 Å². The maximum atomic E-state index is 12.6. The number of carbonyl (C=O) groups is 3. The van der Waals surface area contributed by atoms with Gasteiger partial charge in [-0.15, -0.1) is 0 Å². The SMILES string of the molecule is COc1cccc(CNC(=O)CCC(=O)N2CC(=O)Nc3ccccc32)c1OC. The van der Waals surface area contributed by atoms with E-state index in [2.05, 4.69) is 10.6 Å². The minimum atomic E-state index is -0.276. The topological polar surface area (TPSA) is 97.0 Å². The Morgan fingerprint density at radius 3 is 2.62 bits per heavy atom. The smallest absolute Gasteiger partial charge is 0.244 e. The predicted octanol–water partition coefficient (Wildman–Crippen LogP) is 2.09. The molecule has 1 aliphatic heterocycles. The lowest BCUT2D eigenvalue weighted by Crippen LogP contribution is -2.42. The van der Waals surface area contributed by atoms with E-state index in [0.29, 0.717) is 22.9 Å². The van der Waals surface area contributed by atoms with Crippen molar-refractivity contribution in [1.82, 2.24) is 5.32 Å². The zero-order chi connectivity index (χ0) is 20.8. The lowest BCUT2D eigenvalue weighted by molar-refractivity contribution is -0.125. The number of methoxy groups -OCH3 is 2. The van der Waals surface area contributed by atoms with E-state index in [0.717, 1.165) is 5.56 Å². The number of hydrogen-bond acceptors (Lipinski definition) is 5. The van der Waals surface area contributed by atoms with Gasteiger partial charge in [-0.3, -0.25) is 14.4 Å². The van der Waals surface area contributed by atoms with Crippen molar-refractivity contribution in [2.75, 3.05) is 31.0 Å². The number of ether oxygens (including phenoxy) is 2. The fourth-order valence-corrected chi connectivity index (χ4v) is 3.19. The maximum absolute atomic E-state index is 12.6. The van der Waals surface area contributed by atoms with Crippen LogP contribution in [0.1, 0.15) is 18.4 Å². The van der Waals surface area contributed by atoms with E-state index in [1.165, 1.54) is 12.0 Å². The first kappa shape index (κ1) is 20.2. The molecule has 1 aliphatic rings. The van der Waals surface area contributed by atoms with Crippen LogP contribution in [0.2, 0.25) is 0 Å². The molecule has 1 heterocycles. The van der Waals surface area contributed by atoms with Crippen LogP contribution in [0.25, 0.3) is 0 Å². The molecule has 0 bridgehead atoms. The molecule has 0 fully saturated rings. The standard InChI is InChI=1S/C21H23N3O5/c1-28-17-9-5-6-14(21(17)29-2)12-22-18(25)10-11-20(27)24-13-19(26)23-15-7-3-4-8-16(15)24/h3-9H,10-13H2,1-2H3,(H,22,25)(H,23,26). The maximum Gasteiger partial charge on any atom is 0.244 e. The monoisotopic (exact) mass is 397 g/mol. The van der Waals surface area contributed by atoms with Crippen molar-refractivity contribution in [3.63, 3.8) is 0 Å². The fourth-order valence-electron chi connectivity index (χ4n) is 3.19. The number of para-hydroxylation sites is 3. The molecule has 8 nitrogen and oxygen atoms in total. The van der Waals surface area contributed by atoms with E-state index >= 15 is 0 Å². The summed E-state index contributed by atoms with van der Waals surface area (Å²) in [6.45, 7) is 0.195. The highest BCUT2D eigenvalue weighted by atomic mass is 16.5. The summed E-state index contributed by atoms with van der Waals surface area (Å²) < 4.78 is 10.6. The van der Waals surface area contributed by atoms with Gasteiger partial charge in [-0.25, -0.2) is 0 Å². The lowest BCUT2D eigenvalue weighted by atomic mass is 10.1. The molecule has 0 saturated carbocycles. The van der Waals surface area contributed by atoms with Gasteiger partial charge in [-0.2, -0.15) is 0 Å². The van der Waals surface area contributed by atoms with Gasteiger partial charge in [0.05, 0.1) is 25.6 Å². The number of hydrogen-bond donors (Lipinski definition) is 2. The molecule has 8 heteroatoms. The van der Waals surface area contributed by atoms with Crippen LogP contribution < -0.4 is 25.0 Å². The summed E-state index contributed by atoms with van der Waals surface area (Å²) in [5.41, 5.74) is 2.00. The van der Waals surface area contributed by atoms with Gasteiger partial charge in [-0.1, -0.05) is 24.3 Å². The number of nitrogens with one attached hydrogen (secondary N) is 2. The third kappa shape index (κ3) is 4.66. The van der Waals surface area contributed by atoms with E-state index < -0.39 is 0 Å². The summed E-state index contributed by atoms with van der Waals surface area (Å²) in [4.78, 5) is 38.1. The predicted molar refractivity (Wildman–Crippen MR) is 108 cm³/mol. The number of amides is 3. The zero-order valence-corrected chi connectivity index (χ0v) is 16.4. The van der Waals surface area contributed by atoms with Gasteiger partial charge in [0, 0.05) is 24.9 Å². The van der Waals surface area contributed by atoms with E-state index in [1.807, 2.05) is 12.1 Å². The van der Waals surface area contributed by atoms with Gasteiger partial charge in [0.15, 0.2) is 11.5 Å². The van der Waals surface area contributed by atoms with Crippen molar-refractivity contribution in [3.8, 4) is 11.5 Å². The number of benzene rings is 2. The molecular weight excluding hydrogens is 374 g/mol. The summed E-state index contributed by atoms with van der Waals surface area (Å²) in [6.07, 6.45) is 0.0219. The Bertz CT molecular complexity index is 928. The Labute approximate surface area is 168 Å². The summed E-state index contributed by atoms with van der Waals surface area (Å²) in [7, 11) is 3.08. The van der Waals surface area contributed by atoms with Gasteiger partial charge >= 0.3 is 0 Å². The second kappa shape index (κ2) is 9.09. The van der Waals surface area contributed by atoms with Gasteiger partial charge in [0.1, 0.15) is 6.54 Å². The Balaban J connectivity index is 1.56. The molecule has 3 amide bonds. The minimum Gasteiger partial charge on any atom is -0.493 e. The van der Waals surface area contributed by atoms with E-state index in [9.17, 15) is 14.4 Å². The Kier molecular flexibility index (Phi) is 6.33. The highest BCUT2D eigenvalue weighted by Crippen LogP contribution is 2.31. The first-order chi connectivity index (χ1) is 14.0. The van der Waals surface area contributed by atoms with Crippen LogP contribution >= 0.6 is 0 Å². The molecule has 0 aliphatic carbocycles. The molecule has 2 aromatic carbocycles. The molecule has 29 heavy (non-hydrogen) atoms. The number of fused-ring (bicyclic) bond motifs is 1. The first-order valence-corrected chi connectivity index (χ1v) is 9.19. The van der Waals surface area contributed by atoms with Crippen LogP contribution in [0.5, 0.6) is 11.5 Å². The summed E-state index contributed by atoms with van der Waals surface area (Å²) >= 11 is 0. The Morgan fingerprint density at radius 2 is 1.86 bits per heavy atom. The number of rotatable bonds is 7. The Hall–Kier alpha value is -3.55. The lowest BCUT2D eigenvalue weighted by Gasteiger charge is -2.29. The van der Waals surface area contributed by atoms with E-state index in [1.54, 1.807) is 37.4 Å². The first-order valence-electron chi connectivity index (χ1n) is 9.19. The Morgan fingerprint density at radius 1 is 1.07 bits per heavy atom. The summed E-state index contributed by atoms with van der Waals surface area (Å²) in [6, 6.07) is 12.5. The molecule has 152 valence electrons. The van der Waals surface area contributed by atoms with Crippen molar-refractivity contribution in [1.29, 1.82) is 0 Å². The van der Waals surface area contributed by atoms with Crippen molar-refractivity contribution in [3.05, 3.63) is 48.0 Å². The van der Waals surface area contributed by atoms with Gasteiger partial charge < -0.3 is 25.0 Å². The van der Waals surface area contributed by atoms with Gasteiger partial charge in [0.2, 0.25) is 17.7 Å². The molecule has 3 rings (SSSR count). The average molecular weight is 397 g/mol. The molecule has 2 N–H and O–H groups in total. The average Bonchev–Trinajstić information content (AvgIpc) is 2.74. The molecule has 0 radical (unpaired) electrons. The van der Waals surface area contributed by atoms with Crippen molar-refractivity contribution < 1.29 is 23.9 Å². The molecule has 0 spiro atoms. The van der Waals surface area contributed by atoms with Gasteiger partial charge in [-0.05, 0) is 18.2 Å². The molecule has 0 aromatic heterocycles. The normalized spacial score (nSPS) is 12.6. The second-order valence-electron chi connectivity index (χ2n) is 6.47. The minimum absolute atomic E-state index is 0.00267. The van der Waals surface area contributed by atoms with Crippen LogP contribution in [0.15, 0.2) is 42.5 Å².